The Morgan fingerprint density at radius 2 is 1.85 bits per heavy atom. The number of urea groups is 1. The molecule has 4 N–H and O–H groups in total. The van der Waals surface area contributed by atoms with E-state index in [-0.39, 0.29) is 24.5 Å². The number of quaternary nitrogens is 1. The first-order chi connectivity index (χ1) is 12.7. The average molecular weight is 356 g/mol. The van der Waals surface area contributed by atoms with E-state index in [2.05, 4.69) is 10.6 Å². The number of nitrogens with one attached hydrogen (secondary N) is 2. The van der Waals surface area contributed by atoms with E-state index in [1.54, 1.807) is 6.26 Å². The number of nitrogens with two attached hydrogens (primary N) is 1. The molecule has 0 unspecified atom stereocenters. The summed E-state index contributed by atoms with van der Waals surface area (Å²) in [6.07, 6.45) is 7.09. The molecule has 26 heavy (non-hydrogen) atoms. The second-order valence-corrected chi connectivity index (χ2v) is 6.70. The third-order valence-electron chi connectivity index (χ3n) is 4.74. The van der Waals surface area contributed by atoms with Crippen LogP contribution < -0.4 is 16.0 Å². The molecule has 1 aromatic heterocycles. The van der Waals surface area contributed by atoms with Crippen molar-refractivity contribution in [3.05, 3.63) is 60.1 Å². The number of benzene rings is 1. The van der Waals surface area contributed by atoms with Crippen molar-refractivity contribution in [2.45, 2.75) is 44.2 Å². The van der Waals surface area contributed by atoms with Crippen molar-refractivity contribution in [1.82, 2.24) is 10.6 Å². The van der Waals surface area contributed by atoms with Gasteiger partial charge in [-0.3, -0.25) is 10.1 Å². The Morgan fingerprint density at radius 3 is 2.54 bits per heavy atom. The lowest BCUT2D eigenvalue weighted by Crippen LogP contribution is -2.87. The SMILES string of the molecule is O=C(C[NH2+][C@@H](c1ccccc1)c1ccco1)NC(=O)NC1CCCCC1. The predicted molar refractivity (Wildman–Crippen MR) is 97.3 cm³/mol. The van der Waals surface area contributed by atoms with Gasteiger partial charge in [0, 0.05) is 11.6 Å². The quantitative estimate of drug-likeness (QED) is 0.740. The lowest BCUT2D eigenvalue weighted by atomic mass is 9.96. The molecular weight excluding hydrogens is 330 g/mol. The molecule has 0 saturated heterocycles. The highest BCUT2D eigenvalue weighted by molar-refractivity contribution is 5.94. The van der Waals surface area contributed by atoms with E-state index >= 15 is 0 Å². The average Bonchev–Trinajstić information content (AvgIpc) is 3.18. The maximum absolute atomic E-state index is 12.2. The smallest absolute Gasteiger partial charge is 0.321 e. The first kappa shape index (κ1) is 18.2. The van der Waals surface area contributed by atoms with Crippen LogP contribution in [0.3, 0.4) is 0 Å². The topological polar surface area (TPSA) is 88.0 Å². The first-order valence-corrected chi connectivity index (χ1v) is 9.24. The number of amides is 3. The number of carbonyl (C=O) groups is 2. The number of hydrogen-bond donors (Lipinski definition) is 3. The molecule has 1 fully saturated rings. The van der Waals surface area contributed by atoms with Crippen LogP contribution in [0, 0.1) is 0 Å². The Bertz CT molecular complexity index is 694. The lowest BCUT2D eigenvalue weighted by Gasteiger charge is -2.22. The fourth-order valence-electron chi connectivity index (χ4n) is 3.42. The van der Waals surface area contributed by atoms with E-state index in [1.165, 1.54) is 6.42 Å². The van der Waals surface area contributed by atoms with Crippen LogP contribution in [0.5, 0.6) is 0 Å². The highest BCUT2D eigenvalue weighted by Crippen LogP contribution is 2.18. The summed E-state index contributed by atoms with van der Waals surface area (Å²) < 4.78 is 5.52. The Hall–Kier alpha value is -2.60. The molecular formula is C20H26N3O3+. The Morgan fingerprint density at radius 1 is 1.08 bits per heavy atom. The fourth-order valence-corrected chi connectivity index (χ4v) is 3.42. The second kappa shape index (κ2) is 9.20. The molecule has 1 aliphatic carbocycles. The number of furan rings is 1. The van der Waals surface area contributed by atoms with E-state index in [0.29, 0.717) is 0 Å². The zero-order valence-electron chi connectivity index (χ0n) is 14.8. The van der Waals surface area contributed by atoms with Gasteiger partial charge in [-0.1, -0.05) is 49.6 Å². The molecule has 6 heteroatoms. The molecule has 1 atom stereocenters. The van der Waals surface area contributed by atoms with Crippen LogP contribution in [0.25, 0.3) is 0 Å². The summed E-state index contributed by atoms with van der Waals surface area (Å²) >= 11 is 0. The van der Waals surface area contributed by atoms with Crippen LogP contribution in [0.2, 0.25) is 0 Å². The maximum Gasteiger partial charge on any atom is 0.321 e. The third-order valence-corrected chi connectivity index (χ3v) is 4.74. The summed E-state index contributed by atoms with van der Waals surface area (Å²) in [5.74, 6) is 0.460. The van der Waals surface area contributed by atoms with Gasteiger partial charge in [-0.2, -0.15) is 0 Å². The number of carbonyl (C=O) groups excluding carboxylic acids is 2. The maximum atomic E-state index is 12.2. The summed E-state index contributed by atoms with van der Waals surface area (Å²) in [7, 11) is 0. The van der Waals surface area contributed by atoms with Crippen LogP contribution >= 0.6 is 0 Å². The lowest BCUT2D eigenvalue weighted by molar-refractivity contribution is -0.678. The van der Waals surface area contributed by atoms with Crippen LogP contribution in [-0.4, -0.2) is 24.5 Å². The Balaban J connectivity index is 1.52. The van der Waals surface area contributed by atoms with Gasteiger partial charge in [-0.25, -0.2) is 4.79 Å². The van der Waals surface area contributed by atoms with E-state index in [4.69, 9.17) is 4.42 Å². The van der Waals surface area contributed by atoms with Crippen molar-refractivity contribution >= 4 is 11.9 Å². The van der Waals surface area contributed by atoms with Crippen molar-refractivity contribution < 1.29 is 19.3 Å². The summed E-state index contributed by atoms with van der Waals surface area (Å²) in [6.45, 7) is 0.137. The molecule has 0 aliphatic heterocycles. The molecule has 1 aromatic carbocycles. The predicted octanol–water partition coefficient (Wildman–Crippen LogP) is 2.09. The first-order valence-electron chi connectivity index (χ1n) is 9.24. The van der Waals surface area contributed by atoms with Gasteiger partial charge >= 0.3 is 6.03 Å². The normalized spacial score (nSPS) is 16.0. The van der Waals surface area contributed by atoms with E-state index < -0.39 is 6.03 Å². The van der Waals surface area contributed by atoms with Crippen LogP contribution in [0.15, 0.2) is 53.1 Å². The molecule has 6 nitrogen and oxygen atoms in total. The molecule has 1 aliphatic rings. The Kier molecular flexibility index (Phi) is 6.44. The van der Waals surface area contributed by atoms with Crippen molar-refractivity contribution in [3.8, 4) is 0 Å². The van der Waals surface area contributed by atoms with Gasteiger partial charge in [-0.15, -0.1) is 0 Å². The summed E-state index contributed by atoms with van der Waals surface area (Å²) in [5.41, 5.74) is 1.04. The van der Waals surface area contributed by atoms with Gasteiger partial charge in [0.25, 0.3) is 5.91 Å². The molecule has 3 amide bonds. The largest absolute Gasteiger partial charge is 0.463 e. The standard InChI is InChI=1S/C20H25N3O3/c24-18(23-20(25)22-16-10-5-2-6-11-16)14-21-19(17-12-7-13-26-17)15-8-3-1-4-9-15/h1,3-4,7-9,12-13,16,19,21H,2,5-6,10-11,14H2,(H2,22,23,24,25)/p+1/t19-/m0/s1. The molecule has 0 bridgehead atoms. The van der Waals surface area contributed by atoms with E-state index in [9.17, 15) is 9.59 Å². The van der Waals surface area contributed by atoms with Gasteiger partial charge < -0.3 is 15.1 Å². The molecule has 3 rings (SSSR count). The molecule has 2 aromatic rings. The van der Waals surface area contributed by atoms with Gasteiger partial charge in [0.05, 0.1) is 6.26 Å². The zero-order chi connectivity index (χ0) is 18.2. The van der Waals surface area contributed by atoms with Crippen molar-refractivity contribution in [2.24, 2.45) is 0 Å². The van der Waals surface area contributed by atoms with Gasteiger partial charge in [-0.05, 0) is 25.0 Å². The second-order valence-electron chi connectivity index (χ2n) is 6.70. The fraction of sp³-hybridized carbons (Fsp3) is 0.400. The number of rotatable bonds is 6. The monoisotopic (exact) mass is 356 g/mol. The van der Waals surface area contributed by atoms with Crippen LogP contribution in [0.1, 0.15) is 49.5 Å². The van der Waals surface area contributed by atoms with Gasteiger partial charge in [0.15, 0.2) is 18.3 Å². The molecule has 1 saturated carbocycles. The van der Waals surface area contributed by atoms with Gasteiger partial charge in [0.2, 0.25) is 0 Å². The van der Waals surface area contributed by atoms with Crippen LogP contribution in [0.4, 0.5) is 4.79 Å². The van der Waals surface area contributed by atoms with E-state index in [0.717, 1.165) is 37.0 Å². The minimum atomic E-state index is -0.399. The van der Waals surface area contributed by atoms with Crippen molar-refractivity contribution in [3.63, 3.8) is 0 Å². The summed E-state index contributed by atoms with van der Waals surface area (Å²) in [6, 6.07) is 13.2. The third kappa shape index (κ3) is 5.20. The van der Waals surface area contributed by atoms with Crippen molar-refractivity contribution in [2.75, 3.05) is 6.54 Å². The zero-order valence-corrected chi connectivity index (χ0v) is 14.8. The Labute approximate surface area is 153 Å². The van der Waals surface area contributed by atoms with E-state index in [1.807, 2.05) is 47.8 Å². The minimum absolute atomic E-state index is 0.127. The highest BCUT2D eigenvalue weighted by Gasteiger charge is 2.22. The molecule has 138 valence electrons. The van der Waals surface area contributed by atoms with Gasteiger partial charge in [0.1, 0.15) is 0 Å². The summed E-state index contributed by atoms with van der Waals surface area (Å²) in [5, 5.41) is 7.19. The van der Waals surface area contributed by atoms with Crippen molar-refractivity contribution in [1.29, 1.82) is 0 Å². The van der Waals surface area contributed by atoms with Crippen LogP contribution in [-0.2, 0) is 4.79 Å². The summed E-state index contributed by atoms with van der Waals surface area (Å²) in [4.78, 5) is 24.2. The molecule has 0 spiro atoms. The highest BCUT2D eigenvalue weighted by atomic mass is 16.3. The number of imide groups is 1. The molecule has 1 heterocycles. The minimum Gasteiger partial charge on any atom is -0.463 e. The molecule has 0 radical (unpaired) electrons. The number of hydrogen-bond acceptors (Lipinski definition) is 3.